The SMILES string of the molecule is CCNCc1ccc(OCC2CCCO2)cc1OCC1CCCO1. The molecule has 2 atom stereocenters. The Hall–Kier alpha value is -1.30. The van der Waals surface area contributed by atoms with Crippen molar-refractivity contribution >= 4 is 0 Å². The van der Waals surface area contributed by atoms with Crippen LogP contribution in [0, 0.1) is 0 Å². The number of nitrogens with one attached hydrogen (secondary N) is 1. The van der Waals surface area contributed by atoms with Crippen molar-refractivity contribution in [1.29, 1.82) is 0 Å². The van der Waals surface area contributed by atoms with Gasteiger partial charge in [0.25, 0.3) is 0 Å². The Bertz CT molecular complexity index is 496. The molecule has 0 aliphatic carbocycles. The molecule has 0 spiro atoms. The van der Waals surface area contributed by atoms with E-state index in [0.717, 1.165) is 69.0 Å². The van der Waals surface area contributed by atoms with Gasteiger partial charge in [0.1, 0.15) is 24.7 Å². The van der Waals surface area contributed by atoms with Crippen LogP contribution in [0.5, 0.6) is 11.5 Å². The van der Waals surface area contributed by atoms with Gasteiger partial charge in [-0.1, -0.05) is 13.0 Å². The van der Waals surface area contributed by atoms with Crippen molar-refractivity contribution in [2.24, 2.45) is 0 Å². The lowest BCUT2D eigenvalue weighted by Crippen LogP contribution is -2.19. The summed E-state index contributed by atoms with van der Waals surface area (Å²) in [6.07, 6.45) is 4.86. The van der Waals surface area contributed by atoms with Crippen molar-refractivity contribution in [1.82, 2.24) is 5.32 Å². The van der Waals surface area contributed by atoms with Crippen molar-refractivity contribution in [2.45, 2.75) is 51.4 Å². The molecule has 134 valence electrons. The molecule has 2 saturated heterocycles. The molecular formula is C19H29NO4. The van der Waals surface area contributed by atoms with Gasteiger partial charge in [-0.05, 0) is 38.3 Å². The van der Waals surface area contributed by atoms with Gasteiger partial charge in [0, 0.05) is 31.4 Å². The van der Waals surface area contributed by atoms with E-state index < -0.39 is 0 Å². The molecule has 0 bridgehead atoms. The van der Waals surface area contributed by atoms with Gasteiger partial charge < -0.3 is 24.3 Å². The summed E-state index contributed by atoms with van der Waals surface area (Å²) in [5, 5.41) is 3.36. The molecule has 24 heavy (non-hydrogen) atoms. The highest BCUT2D eigenvalue weighted by Gasteiger charge is 2.18. The highest BCUT2D eigenvalue weighted by atomic mass is 16.5. The summed E-state index contributed by atoms with van der Waals surface area (Å²) in [7, 11) is 0. The van der Waals surface area contributed by atoms with Gasteiger partial charge in [0.05, 0.1) is 12.2 Å². The number of rotatable bonds is 9. The van der Waals surface area contributed by atoms with E-state index in [1.165, 1.54) is 0 Å². The van der Waals surface area contributed by atoms with E-state index in [2.05, 4.69) is 18.3 Å². The van der Waals surface area contributed by atoms with Crippen LogP contribution >= 0.6 is 0 Å². The molecule has 1 aromatic carbocycles. The first-order valence-electron chi connectivity index (χ1n) is 9.17. The average Bonchev–Trinajstić information content (AvgIpc) is 3.30. The monoisotopic (exact) mass is 335 g/mol. The quantitative estimate of drug-likeness (QED) is 0.752. The van der Waals surface area contributed by atoms with E-state index in [0.29, 0.717) is 13.2 Å². The Balaban J connectivity index is 1.60. The lowest BCUT2D eigenvalue weighted by Gasteiger charge is -2.17. The van der Waals surface area contributed by atoms with E-state index in [4.69, 9.17) is 18.9 Å². The van der Waals surface area contributed by atoms with E-state index in [-0.39, 0.29) is 12.2 Å². The Morgan fingerprint density at radius 2 is 1.75 bits per heavy atom. The first-order chi connectivity index (χ1) is 11.8. The number of hydrogen-bond acceptors (Lipinski definition) is 5. The summed E-state index contributed by atoms with van der Waals surface area (Å²) >= 11 is 0. The van der Waals surface area contributed by atoms with Crippen LogP contribution in [0.25, 0.3) is 0 Å². The van der Waals surface area contributed by atoms with Crippen LogP contribution in [0.2, 0.25) is 0 Å². The second kappa shape index (κ2) is 9.25. The predicted octanol–water partition coefficient (Wildman–Crippen LogP) is 2.91. The van der Waals surface area contributed by atoms with Crippen molar-refractivity contribution in [3.8, 4) is 11.5 Å². The minimum Gasteiger partial charge on any atom is -0.491 e. The first-order valence-corrected chi connectivity index (χ1v) is 9.17. The zero-order valence-corrected chi connectivity index (χ0v) is 14.6. The maximum Gasteiger partial charge on any atom is 0.127 e. The Labute approximate surface area is 144 Å². The lowest BCUT2D eigenvalue weighted by atomic mass is 10.2. The van der Waals surface area contributed by atoms with E-state index in [9.17, 15) is 0 Å². The molecule has 2 heterocycles. The van der Waals surface area contributed by atoms with Gasteiger partial charge in [0.2, 0.25) is 0 Å². The van der Waals surface area contributed by atoms with Gasteiger partial charge in [-0.3, -0.25) is 0 Å². The minimum absolute atomic E-state index is 0.216. The van der Waals surface area contributed by atoms with E-state index in [1.807, 2.05) is 12.1 Å². The fraction of sp³-hybridized carbons (Fsp3) is 0.684. The predicted molar refractivity (Wildman–Crippen MR) is 92.8 cm³/mol. The van der Waals surface area contributed by atoms with Crippen LogP contribution in [0.4, 0.5) is 0 Å². The van der Waals surface area contributed by atoms with Gasteiger partial charge >= 0.3 is 0 Å². The van der Waals surface area contributed by atoms with Crippen LogP contribution in [0.3, 0.4) is 0 Å². The molecule has 2 aliphatic heterocycles. The lowest BCUT2D eigenvalue weighted by molar-refractivity contribution is 0.0652. The largest absolute Gasteiger partial charge is 0.491 e. The van der Waals surface area contributed by atoms with Gasteiger partial charge in [-0.15, -0.1) is 0 Å². The molecule has 0 saturated carbocycles. The summed E-state index contributed by atoms with van der Waals surface area (Å²) < 4.78 is 23.2. The van der Waals surface area contributed by atoms with Crippen LogP contribution in [0.1, 0.15) is 38.2 Å². The van der Waals surface area contributed by atoms with Crippen LogP contribution in [0.15, 0.2) is 18.2 Å². The smallest absolute Gasteiger partial charge is 0.127 e. The molecule has 0 aromatic heterocycles. The highest BCUT2D eigenvalue weighted by molar-refractivity contribution is 5.40. The molecule has 2 aliphatic rings. The van der Waals surface area contributed by atoms with Crippen LogP contribution in [-0.4, -0.2) is 45.2 Å². The minimum atomic E-state index is 0.216. The van der Waals surface area contributed by atoms with Crippen molar-refractivity contribution < 1.29 is 18.9 Å². The van der Waals surface area contributed by atoms with Gasteiger partial charge in [0.15, 0.2) is 0 Å². The van der Waals surface area contributed by atoms with E-state index >= 15 is 0 Å². The molecule has 0 radical (unpaired) electrons. The zero-order chi connectivity index (χ0) is 16.6. The molecule has 3 rings (SSSR count). The van der Waals surface area contributed by atoms with Gasteiger partial charge in [-0.2, -0.15) is 0 Å². The fourth-order valence-corrected chi connectivity index (χ4v) is 3.09. The highest BCUT2D eigenvalue weighted by Crippen LogP contribution is 2.27. The number of benzene rings is 1. The molecule has 2 fully saturated rings. The van der Waals surface area contributed by atoms with Gasteiger partial charge in [-0.25, -0.2) is 0 Å². The fourth-order valence-electron chi connectivity index (χ4n) is 3.09. The summed E-state index contributed by atoms with van der Waals surface area (Å²) in [6.45, 7) is 6.75. The topological polar surface area (TPSA) is 49.0 Å². The molecule has 1 N–H and O–H groups in total. The molecular weight excluding hydrogens is 306 g/mol. The van der Waals surface area contributed by atoms with Crippen molar-refractivity contribution in [3.63, 3.8) is 0 Å². The summed E-state index contributed by atoms with van der Waals surface area (Å²) in [6, 6.07) is 6.09. The summed E-state index contributed by atoms with van der Waals surface area (Å²) in [5.41, 5.74) is 1.15. The van der Waals surface area contributed by atoms with Crippen LogP contribution < -0.4 is 14.8 Å². The Kier molecular flexibility index (Phi) is 6.75. The maximum absolute atomic E-state index is 6.05. The molecule has 5 heteroatoms. The maximum atomic E-state index is 6.05. The normalized spacial score (nSPS) is 23.5. The molecule has 1 aromatic rings. The first kappa shape index (κ1) is 17.5. The standard InChI is InChI=1S/C19H29NO4/c1-2-20-12-15-7-8-16(23-13-17-5-3-9-21-17)11-19(15)24-14-18-6-4-10-22-18/h7-8,11,17-18,20H,2-6,9-10,12-14H2,1H3. The average molecular weight is 335 g/mol. The third kappa shape index (κ3) is 5.10. The molecule has 2 unspecified atom stereocenters. The molecule has 5 nitrogen and oxygen atoms in total. The Morgan fingerprint density at radius 3 is 2.38 bits per heavy atom. The zero-order valence-electron chi connectivity index (χ0n) is 14.6. The van der Waals surface area contributed by atoms with E-state index in [1.54, 1.807) is 0 Å². The summed E-state index contributed by atoms with van der Waals surface area (Å²) in [4.78, 5) is 0. The Morgan fingerprint density at radius 1 is 1.04 bits per heavy atom. The second-order valence-corrected chi connectivity index (χ2v) is 6.44. The van der Waals surface area contributed by atoms with Crippen molar-refractivity contribution in [3.05, 3.63) is 23.8 Å². The third-order valence-electron chi connectivity index (χ3n) is 4.51. The van der Waals surface area contributed by atoms with Crippen LogP contribution in [-0.2, 0) is 16.0 Å². The number of ether oxygens (including phenoxy) is 4. The number of hydrogen-bond donors (Lipinski definition) is 1. The second-order valence-electron chi connectivity index (χ2n) is 6.44. The van der Waals surface area contributed by atoms with Crippen molar-refractivity contribution in [2.75, 3.05) is 33.0 Å². The summed E-state index contributed by atoms with van der Waals surface area (Å²) in [5.74, 6) is 1.73. The molecule has 0 amide bonds. The third-order valence-corrected chi connectivity index (χ3v) is 4.51.